The quantitative estimate of drug-likeness (QED) is 0.775. The lowest BCUT2D eigenvalue weighted by Crippen LogP contribution is -2.34. The average Bonchev–Trinajstić information content (AvgIpc) is 3.14. The summed E-state index contributed by atoms with van der Waals surface area (Å²) < 4.78 is 6.81. The maximum absolute atomic E-state index is 12.3. The molecule has 118 valence electrons. The number of carbonyl (C=O) groups excluding carboxylic acids is 1. The molecule has 0 saturated heterocycles. The van der Waals surface area contributed by atoms with Gasteiger partial charge in [0.15, 0.2) is 5.82 Å². The number of hydrogen-bond donors (Lipinski definition) is 2. The highest BCUT2D eigenvalue weighted by Crippen LogP contribution is 2.20. The normalized spacial score (nSPS) is 11.9. The summed E-state index contributed by atoms with van der Waals surface area (Å²) in [5.41, 5.74) is 0.938. The van der Waals surface area contributed by atoms with Crippen molar-refractivity contribution in [1.82, 2.24) is 20.0 Å². The molecule has 3 rings (SSSR count). The third kappa shape index (κ3) is 3.39. The van der Waals surface area contributed by atoms with Crippen molar-refractivity contribution in [2.75, 3.05) is 5.32 Å². The van der Waals surface area contributed by atoms with Crippen LogP contribution in [0, 0.1) is 6.92 Å². The molecule has 2 aromatic heterocycles. The molecule has 2 N–H and O–H groups in total. The summed E-state index contributed by atoms with van der Waals surface area (Å²) >= 11 is 0. The Labute approximate surface area is 133 Å². The molecule has 0 bridgehead atoms. The van der Waals surface area contributed by atoms with E-state index < -0.39 is 0 Å². The van der Waals surface area contributed by atoms with Crippen LogP contribution < -0.4 is 10.6 Å². The Balaban J connectivity index is 1.82. The molecule has 0 radical (unpaired) electrons. The molecule has 7 nitrogen and oxygen atoms in total. The zero-order valence-corrected chi connectivity index (χ0v) is 12.9. The fraction of sp³-hybridized carbons (Fsp3) is 0.188. The molecule has 0 aliphatic carbocycles. The van der Waals surface area contributed by atoms with E-state index in [0.717, 1.165) is 11.4 Å². The molecule has 0 saturated carbocycles. The predicted octanol–water partition coefficient (Wildman–Crippen LogP) is 2.63. The van der Waals surface area contributed by atoms with Crippen molar-refractivity contribution in [1.29, 1.82) is 0 Å². The molecular weight excluding hydrogens is 294 g/mol. The molecule has 0 aliphatic heterocycles. The van der Waals surface area contributed by atoms with E-state index in [1.165, 1.54) is 0 Å². The molecule has 2 heterocycles. The number of benzene rings is 1. The van der Waals surface area contributed by atoms with Crippen LogP contribution in [0.5, 0.6) is 0 Å². The zero-order valence-electron chi connectivity index (χ0n) is 12.9. The molecule has 7 heteroatoms. The minimum absolute atomic E-state index is 0.367. The molecule has 0 spiro atoms. The number of nitrogens with one attached hydrogen (secondary N) is 2. The molecule has 3 aromatic rings. The van der Waals surface area contributed by atoms with Crippen molar-refractivity contribution in [3.8, 4) is 0 Å². The Bertz CT molecular complexity index is 794. The van der Waals surface area contributed by atoms with E-state index in [2.05, 4.69) is 20.8 Å². The topological polar surface area (TPSA) is 85.0 Å². The van der Waals surface area contributed by atoms with E-state index in [1.807, 2.05) is 48.1 Å². The van der Waals surface area contributed by atoms with E-state index >= 15 is 0 Å². The van der Waals surface area contributed by atoms with Gasteiger partial charge >= 0.3 is 6.03 Å². The number of carbonyl (C=O) groups is 1. The Hall–Kier alpha value is -3.09. The summed E-state index contributed by atoms with van der Waals surface area (Å²) in [5, 5.41) is 9.32. The van der Waals surface area contributed by atoms with E-state index in [1.54, 1.807) is 19.2 Å². The van der Waals surface area contributed by atoms with Gasteiger partial charge in [0.25, 0.3) is 0 Å². The molecule has 0 aliphatic rings. The van der Waals surface area contributed by atoms with Crippen LogP contribution in [-0.4, -0.2) is 20.7 Å². The monoisotopic (exact) mass is 311 g/mol. The summed E-state index contributed by atoms with van der Waals surface area (Å²) in [6, 6.07) is 10.6. The van der Waals surface area contributed by atoms with Crippen LogP contribution in [0.2, 0.25) is 0 Å². The van der Waals surface area contributed by atoms with Crippen molar-refractivity contribution < 1.29 is 9.32 Å². The fourth-order valence-electron chi connectivity index (χ4n) is 2.31. The summed E-state index contributed by atoms with van der Waals surface area (Å²) in [4.78, 5) is 16.6. The molecule has 2 amide bonds. The van der Waals surface area contributed by atoms with E-state index in [0.29, 0.717) is 11.6 Å². The molecule has 0 fully saturated rings. The van der Waals surface area contributed by atoms with Crippen molar-refractivity contribution in [2.45, 2.75) is 13.0 Å². The third-order valence-corrected chi connectivity index (χ3v) is 3.39. The van der Waals surface area contributed by atoms with E-state index in [9.17, 15) is 4.79 Å². The number of hydrogen-bond acceptors (Lipinski definition) is 4. The first-order valence-corrected chi connectivity index (χ1v) is 7.16. The Kier molecular flexibility index (Phi) is 4.09. The number of amides is 2. The van der Waals surface area contributed by atoms with Gasteiger partial charge in [0.2, 0.25) is 0 Å². The van der Waals surface area contributed by atoms with Crippen LogP contribution in [0.3, 0.4) is 0 Å². The highest BCUT2D eigenvalue weighted by molar-refractivity contribution is 5.88. The third-order valence-electron chi connectivity index (χ3n) is 3.39. The van der Waals surface area contributed by atoms with Crippen LogP contribution in [0.4, 0.5) is 10.6 Å². The van der Waals surface area contributed by atoms with Gasteiger partial charge in [-0.2, -0.15) is 0 Å². The first kappa shape index (κ1) is 14.8. The van der Waals surface area contributed by atoms with Crippen LogP contribution in [0.15, 0.2) is 53.3 Å². The molecule has 1 atom stereocenters. The summed E-state index contributed by atoms with van der Waals surface area (Å²) in [6.07, 6.45) is 3.54. The highest BCUT2D eigenvalue weighted by atomic mass is 16.5. The van der Waals surface area contributed by atoms with Gasteiger partial charge in [0, 0.05) is 25.5 Å². The van der Waals surface area contributed by atoms with Crippen molar-refractivity contribution in [3.05, 3.63) is 65.9 Å². The molecule has 1 unspecified atom stereocenters. The van der Waals surface area contributed by atoms with Gasteiger partial charge in [-0.25, -0.2) is 9.78 Å². The lowest BCUT2D eigenvalue weighted by molar-refractivity contribution is 0.249. The fourth-order valence-corrected chi connectivity index (χ4v) is 2.31. The predicted molar refractivity (Wildman–Crippen MR) is 84.9 cm³/mol. The Morgan fingerprint density at radius 1 is 1.30 bits per heavy atom. The first-order valence-electron chi connectivity index (χ1n) is 7.16. The lowest BCUT2D eigenvalue weighted by Gasteiger charge is -2.19. The van der Waals surface area contributed by atoms with Crippen molar-refractivity contribution >= 4 is 11.8 Å². The second-order valence-corrected chi connectivity index (χ2v) is 5.16. The smallest absolute Gasteiger partial charge is 0.321 e. The number of rotatable bonds is 4. The summed E-state index contributed by atoms with van der Waals surface area (Å²) in [5.74, 6) is 1.73. The van der Waals surface area contributed by atoms with Gasteiger partial charge in [-0.1, -0.05) is 35.5 Å². The number of nitrogens with zero attached hydrogens (tertiary/aromatic N) is 3. The van der Waals surface area contributed by atoms with Gasteiger partial charge in [-0.3, -0.25) is 5.32 Å². The minimum atomic E-state index is -0.379. The Morgan fingerprint density at radius 3 is 2.70 bits per heavy atom. The van der Waals surface area contributed by atoms with Gasteiger partial charge in [0.1, 0.15) is 17.6 Å². The number of aryl methyl sites for hydroxylation is 2. The van der Waals surface area contributed by atoms with Crippen molar-refractivity contribution in [2.24, 2.45) is 7.05 Å². The highest BCUT2D eigenvalue weighted by Gasteiger charge is 2.21. The van der Waals surface area contributed by atoms with Crippen LogP contribution in [0.25, 0.3) is 0 Å². The molecular formula is C16H17N5O2. The van der Waals surface area contributed by atoms with E-state index in [4.69, 9.17) is 4.52 Å². The largest absolute Gasteiger partial charge is 0.360 e. The summed E-state index contributed by atoms with van der Waals surface area (Å²) in [7, 11) is 1.89. The number of urea groups is 1. The van der Waals surface area contributed by atoms with Gasteiger partial charge in [0.05, 0.1) is 0 Å². The number of anilines is 1. The average molecular weight is 311 g/mol. The SMILES string of the molecule is Cc1cc(NC(=O)NC(c2ccccc2)c2nccn2C)no1. The standard InChI is InChI=1S/C16H17N5O2/c1-11-10-13(20-23-11)18-16(22)19-14(12-6-4-3-5-7-12)15-17-8-9-21(15)2/h3-10,14H,1-2H3,(H2,18,19,20,22). The number of aromatic nitrogens is 3. The maximum Gasteiger partial charge on any atom is 0.321 e. The lowest BCUT2D eigenvalue weighted by atomic mass is 10.1. The molecule has 23 heavy (non-hydrogen) atoms. The van der Waals surface area contributed by atoms with Gasteiger partial charge in [-0.15, -0.1) is 0 Å². The van der Waals surface area contributed by atoms with Crippen molar-refractivity contribution in [3.63, 3.8) is 0 Å². The zero-order chi connectivity index (χ0) is 16.2. The van der Waals surface area contributed by atoms with Gasteiger partial charge in [-0.05, 0) is 12.5 Å². The number of imidazole rings is 1. The Morgan fingerprint density at radius 2 is 2.09 bits per heavy atom. The minimum Gasteiger partial charge on any atom is -0.360 e. The van der Waals surface area contributed by atoms with Crippen LogP contribution in [-0.2, 0) is 7.05 Å². The molecule has 1 aromatic carbocycles. The second kappa shape index (κ2) is 6.35. The van der Waals surface area contributed by atoms with Crippen LogP contribution >= 0.6 is 0 Å². The maximum atomic E-state index is 12.3. The second-order valence-electron chi connectivity index (χ2n) is 5.16. The summed E-state index contributed by atoms with van der Waals surface area (Å²) in [6.45, 7) is 1.76. The first-order chi connectivity index (χ1) is 11.1. The van der Waals surface area contributed by atoms with Crippen LogP contribution in [0.1, 0.15) is 23.2 Å². The van der Waals surface area contributed by atoms with Gasteiger partial charge < -0.3 is 14.4 Å². The van der Waals surface area contributed by atoms with E-state index in [-0.39, 0.29) is 12.1 Å².